The Balaban J connectivity index is 1.81. The Morgan fingerprint density at radius 3 is 3.00 bits per heavy atom. The monoisotopic (exact) mass is 279 g/mol. The summed E-state index contributed by atoms with van der Waals surface area (Å²) in [6.45, 7) is 9.66. The molecule has 1 amide bonds. The first-order valence-electron chi connectivity index (χ1n) is 7.42. The second kappa shape index (κ2) is 6.35. The largest absolute Gasteiger partial charge is 0.355 e. The Kier molecular flexibility index (Phi) is 4.75. The number of rotatable bonds is 5. The second-order valence-corrected chi connectivity index (χ2v) is 5.88. The summed E-state index contributed by atoms with van der Waals surface area (Å²) >= 11 is 0. The molecule has 1 aromatic heterocycles. The molecule has 1 saturated heterocycles. The quantitative estimate of drug-likeness (QED) is 0.839. The molecule has 0 aromatic carbocycles. The lowest BCUT2D eigenvalue weighted by atomic mass is 9.81. The first-order valence-corrected chi connectivity index (χ1v) is 7.42. The number of aromatic amines is 1. The summed E-state index contributed by atoms with van der Waals surface area (Å²) in [4.78, 5) is 19.0. The van der Waals surface area contributed by atoms with E-state index in [4.69, 9.17) is 0 Å². The van der Waals surface area contributed by atoms with Crippen LogP contribution in [0, 0.1) is 12.3 Å². The van der Waals surface area contributed by atoms with Gasteiger partial charge in [-0.3, -0.25) is 9.89 Å². The van der Waals surface area contributed by atoms with Gasteiger partial charge in [-0.1, -0.05) is 6.92 Å². The molecule has 0 aliphatic carbocycles. The molecule has 0 saturated carbocycles. The zero-order valence-electron chi connectivity index (χ0n) is 12.7. The van der Waals surface area contributed by atoms with Gasteiger partial charge in [0.05, 0.1) is 5.41 Å². The number of carbonyl (C=O) groups excluding carboxylic acids is 1. The molecule has 0 bridgehead atoms. The molecular formula is C14H25N5O. The molecule has 1 aliphatic heterocycles. The van der Waals surface area contributed by atoms with E-state index < -0.39 is 0 Å². The predicted molar refractivity (Wildman–Crippen MR) is 77.3 cm³/mol. The predicted octanol–water partition coefficient (Wildman–Crippen LogP) is 0.894. The van der Waals surface area contributed by atoms with Crippen LogP contribution in [-0.4, -0.2) is 52.2 Å². The van der Waals surface area contributed by atoms with Crippen molar-refractivity contribution in [1.29, 1.82) is 0 Å². The summed E-state index contributed by atoms with van der Waals surface area (Å²) in [7, 11) is 0. The lowest BCUT2D eigenvalue weighted by Crippen LogP contribution is -2.50. The maximum atomic E-state index is 12.4. The summed E-state index contributed by atoms with van der Waals surface area (Å²) in [6, 6.07) is 0. The van der Waals surface area contributed by atoms with Crippen molar-refractivity contribution in [1.82, 2.24) is 25.4 Å². The van der Waals surface area contributed by atoms with E-state index in [0.717, 1.165) is 44.1 Å². The summed E-state index contributed by atoms with van der Waals surface area (Å²) < 4.78 is 0. The fourth-order valence-electron chi connectivity index (χ4n) is 2.80. The standard InChI is InChI=1S/C14H25N5O/c1-4-19-9-5-7-14(3,10-19)13(20)15-8-6-12-16-11(2)17-18-12/h4-10H2,1-3H3,(H,15,20)(H,16,17,18)/t14-/m1/s1. The van der Waals surface area contributed by atoms with Crippen molar-refractivity contribution >= 4 is 5.91 Å². The second-order valence-electron chi connectivity index (χ2n) is 5.88. The van der Waals surface area contributed by atoms with E-state index in [1.54, 1.807) is 0 Å². The summed E-state index contributed by atoms with van der Waals surface area (Å²) in [6.07, 6.45) is 2.73. The fourth-order valence-corrected chi connectivity index (χ4v) is 2.80. The number of H-pyrrole nitrogens is 1. The van der Waals surface area contributed by atoms with Crippen LogP contribution in [0.4, 0.5) is 0 Å². The maximum Gasteiger partial charge on any atom is 0.227 e. The molecule has 2 heterocycles. The van der Waals surface area contributed by atoms with E-state index in [2.05, 4.69) is 39.2 Å². The van der Waals surface area contributed by atoms with Crippen LogP contribution < -0.4 is 5.32 Å². The normalized spacial score (nSPS) is 23.8. The van der Waals surface area contributed by atoms with Crippen LogP contribution in [0.25, 0.3) is 0 Å². The van der Waals surface area contributed by atoms with Gasteiger partial charge >= 0.3 is 0 Å². The van der Waals surface area contributed by atoms with Gasteiger partial charge in [0.1, 0.15) is 5.82 Å². The van der Waals surface area contributed by atoms with Crippen molar-refractivity contribution in [2.24, 2.45) is 5.41 Å². The number of amides is 1. The topological polar surface area (TPSA) is 73.9 Å². The van der Waals surface area contributed by atoms with Crippen LogP contribution in [0.2, 0.25) is 0 Å². The molecule has 0 spiro atoms. The van der Waals surface area contributed by atoms with Crippen LogP contribution in [0.3, 0.4) is 0 Å². The van der Waals surface area contributed by atoms with E-state index in [1.807, 2.05) is 6.92 Å². The van der Waals surface area contributed by atoms with Crippen molar-refractivity contribution in [2.45, 2.75) is 40.0 Å². The van der Waals surface area contributed by atoms with Gasteiger partial charge in [0.15, 0.2) is 5.82 Å². The van der Waals surface area contributed by atoms with Gasteiger partial charge in [-0.2, -0.15) is 5.10 Å². The summed E-state index contributed by atoms with van der Waals surface area (Å²) in [5.74, 6) is 1.72. The van der Waals surface area contributed by atoms with Gasteiger partial charge in [-0.15, -0.1) is 0 Å². The van der Waals surface area contributed by atoms with E-state index in [9.17, 15) is 4.79 Å². The maximum absolute atomic E-state index is 12.4. The molecule has 6 nitrogen and oxygen atoms in total. The van der Waals surface area contributed by atoms with Crippen LogP contribution in [-0.2, 0) is 11.2 Å². The summed E-state index contributed by atoms with van der Waals surface area (Å²) in [5, 5.41) is 9.92. The number of carbonyl (C=O) groups is 1. The molecule has 112 valence electrons. The molecular weight excluding hydrogens is 254 g/mol. The number of likely N-dealkylation sites (tertiary alicyclic amines) is 1. The first kappa shape index (κ1) is 15.0. The van der Waals surface area contributed by atoms with Gasteiger partial charge in [0.2, 0.25) is 5.91 Å². The molecule has 6 heteroatoms. The third kappa shape index (κ3) is 3.56. The van der Waals surface area contributed by atoms with Crippen LogP contribution >= 0.6 is 0 Å². The Bertz CT molecular complexity index is 458. The molecule has 2 rings (SSSR count). The molecule has 1 aliphatic rings. The molecule has 20 heavy (non-hydrogen) atoms. The zero-order valence-corrected chi connectivity index (χ0v) is 12.7. The average molecular weight is 279 g/mol. The number of aromatic nitrogens is 3. The van der Waals surface area contributed by atoms with Gasteiger partial charge in [0.25, 0.3) is 0 Å². The zero-order chi connectivity index (χ0) is 14.6. The molecule has 1 fully saturated rings. The Morgan fingerprint density at radius 2 is 2.35 bits per heavy atom. The van der Waals surface area contributed by atoms with Gasteiger partial charge in [-0.05, 0) is 39.8 Å². The van der Waals surface area contributed by atoms with Gasteiger partial charge in [0, 0.05) is 19.5 Å². The minimum Gasteiger partial charge on any atom is -0.355 e. The number of nitrogens with one attached hydrogen (secondary N) is 2. The van der Waals surface area contributed by atoms with Crippen LogP contribution in [0.15, 0.2) is 0 Å². The third-order valence-corrected chi connectivity index (χ3v) is 4.05. The number of nitrogens with zero attached hydrogens (tertiary/aromatic N) is 3. The molecule has 0 radical (unpaired) electrons. The summed E-state index contributed by atoms with van der Waals surface area (Å²) in [5.41, 5.74) is -0.261. The molecule has 1 atom stereocenters. The Labute approximate surface area is 120 Å². The lowest BCUT2D eigenvalue weighted by Gasteiger charge is -2.38. The number of hydrogen-bond donors (Lipinski definition) is 2. The third-order valence-electron chi connectivity index (χ3n) is 4.05. The van der Waals surface area contributed by atoms with E-state index in [0.29, 0.717) is 13.0 Å². The van der Waals surface area contributed by atoms with E-state index in [1.165, 1.54) is 0 Å². The highest BCUT2D eigenvalue weighted by Gasteiger charge is 2.36. The smallest absolute Gasteiger partial charge is 0.227 e. The molecule has 1 aromatic rings. The van der Waals surface area contributed by atoms with E-state index in [-0.39, 0.29) is 11.3 Å². The van der Waals surface area contributed by atoms with Crippen molar-refractivity contribution in [2.75, 3.05) is 26.2 Å². The SMILES string of the molecule is CCN1CCC[C@@](C)(C(=O)NCCc2n[nH]c(C)n2)C1. The van der Waals surface area contributed by atoms with Crippen molar-refractivity contribution in [3.63, 3.8) is 0 Å². The minimum absolute atomic E-state index is 0.155. The van der Waals surface area contributed by atoms with Gasteiger partial charge < -0.3 is 10.2 Å². The minimum atomic E-state index is -0.261. The number of hydrogen-bond acceptors (Lipinski definition) is 4. The number of aryl methyl sites for hydroxylation is 1. The van der Waals surface area contributed by atoms with E-state index >= 15 is 0 Å². The first-order chi connectivity index (χ1) is 9.53. The van der Waals surface area contributed by atoms with Gasteiger partial charge in [-0.25, -0.2) is 4.98 Å². The van der Waals surface area contributed by atoms with Crippen molar-refractivity contribution < 1.29 is 4.79 Å². The highest BCUT2D eigenvalue weighted by atomic mass is 16.2. The highest BCUT2D eigenvalue weighted by Crippen LogP contribution is 2.29. The number of piperidine rings is 1. The Hall–Kier alpha value is -1.43. The Morgan fingerprint density at radius 1 is 1.55 bits per heavy atom. The molecule has 0 unspecified atom stereocenters. The fraction of sp³-hybridized carbons (Fsp3) is 0.786. The lowest BCUT2D eigenvalue weighted by molar-refractivity contribution is -0.133. The highest BCUT2D eigenvalue weighted by molar-refractivity contribution is 5.82. The molecule has 2 N–H and O–H groups in total. The van der Waals surface area contributed by atoms with Crippen LogP contribution in [0.5, 0.6) is 0 Å². The van der Waals surface area contributed by atoms with Crippen LogP contribution in [0.1, 0.15) is 38.3 Å². The average Bonchev–Trinajstić information content (AvgIpc) is 2.84. The van der Waals surface area contributed by atoms with Crippen molar-refractivity contribution in [3.05, 3.63) is 11.6 Å². The van der Waals surface area contributed by atoms with Crippen molar-refractivity contribution in [3.8, 4) is 0 Å².